The summed E-state index contributed by atoms with van der Waals surface area (Å²) < 4.78 is 1.52. The Morgan fingerprint density at radius 1 is 1.50 bits per heavy atom. The quantitative estimate of drug-likeness (QED) is 0.820. The van der Waals surface area contributed by atoms with Crippen LogP contribution in [0.2, 0.25) is 5.02 Å². The maximum Gasteiger partial charge on any atom is 0.164 e. The van der Waals surface area contributed by atoms with E-state index in [1.165, 1.54) is 4.68 Å². The molecule has 4 nitrogen and oxygen atoms in total. The second-order valence-corrected chi connectivity index (χ2v) is 3.85. The number of rotatable bonds is 1. The number of benzene rings is 1. The van der Waals surface area contributed by atoms with E-state index in [1.807, 2.05) is 19.1 Å². The Labute approximate surface area is 97.9 Å². The van der Waals surface area contributed by atoms with E-state index in [1.54, 1.807) is 12.3 Å². The van der Waals surface area contributed by atoms with Crippen molar-refractivity contribution < 1.29 is 0 Å². The smallest absolute Gasteiger partial charge is 0.164 e. The highest BCUT2D eigenvalue weighted by atomic mass is 35.5. The van der Waals surface area contributed by atoms with Gasteiger partial charge in [0.15, 0.2) is 5.82 Å². The van der Waals surface area contributed by atoms with E-state index in [9.17, 15) is 0 Å². The molecule has 0 saturated carbocycles. The SMILES string of the molecule is Cc1ccc(C#N)c(-n2cc(Cl)c(N)n2)c1. The van der Waals surface area contributed by atoms with Crippen LogP contribution in [0.3, 0.4) is 0 Å². The minimum atomic E-state index is 0.257. The Morgan fingerprint density at radius 2 is 2.25 bits per heavy atom. The fourth-order valence-electron chi connectivity index (χ4n) is 1.42. The molecule has 16 heavy (non-hydrogen) atoms. The van der Waals surface area contributed by atoms with Crippen LogP contribution in [0.4, 0.5) is 5.82 Å². The zero-order chi connectivity index (χ0) is 11.7. The van der Waals surface area contributed by atoms with Gasteiger partial charge in [0.25, 0.3) is 0 Å². The number of hydrogen-bond donors (Lipinski definition) is 1. The summed E-state index contributed by atoms with van der Waals surface area (Å²) in [6, 6.07) is 7.59. The van der Waals surface area contributed by atoms with Crippen LogP contribution in [0.15, 0.2) is 24.4 Å². The molecule has 5 heteroatoms. The lowest BCUT2D eigenvalue weighted by Crippen LogP contribution is -1.99. The van der Waals surface area contributed by atoms with Crippen molar-refractivity contribution in [2.24, 2.45) is 0 Å². The van der Waals surface area contributed by atoms with E-state index in [-0.39, 0.29) is 5.82 Å². The Morgan fingerprint density at radius 3 is 2.81 bits per heavy atom. The first kappa shape index (κ1) is 10.5. The van der Waals surface area contributed by atoms with Crippen LogP contribution >= 0.6 is 11.6 Å². The van der Waals surface area contributed by atoms with Crippen LogP contribution in [0.25, 0.3) is 5.69 Å². The molecule has 2 N–H and O–H groups in total. The second-order valence-electron chi connectivity index (χ2n) is 3.44. The average Bonchev–Trinajstić information content (AvgIpc) is 2.59. The number of nitrogen functional groups attached to an aromatic ring is 1. The number of anilines is 1. The molecular weight excluding hydrogens is 224 g/mol. The van der Waals surface area contributed by atoms with Gasteiger partial charge in [0, 0.05) is 0 Å². The molecule has 2 aromatic rings. The van der Waals surface area contributed by atoms with Crippen molar-refractivity contribution in [3.05, 3.63) is 40.5 Å². The molecule has 1 aromatic carbocycles. The number of nitrogens with zero attached hydrogens (tertiary/aromatic N) is 3. The number of nitriles is 1. The fourth-order valence-corrected chi connectivity index (χ4v) is 1.55. The Kier molecular flexibility index (Phi) is 2.55. The van der Waals surface area contributed by atoms with Crippen LogP contribution in [0.5, 0.6) is 0 Å². The van der Waals surface area contributed by atoms with Crippen molar-refractivity contribution in [2.75, 3.05) is 5.73 Å². The number of hydrogen-bond acceptors (Lipinski definition) is 3. The van der Waals surface area contributed by atoms with Crippen LogP contribution < -0.4 is 5.73 Å². The first-order valence-corrected chi connectivity index (χ1v) is 5.01. The number of aromatic nitrogens is 2. The molecule has 1 aromatic heterocycles. The Bertz CT molecular complexity index is 561. The molecule has 0 fully saturated rings. The minimum Gasteiger partial charge on any atom is -0.381 e. The van der Waals surface area contributed by atoms with E-state index >= 15 is 0 Å². The van der Waals surface area contributed by atoms with Crippen molar-refractivity contribution in [1.29, 1.82) is 5.26 Å². The lowest BCUT2D eigenvalue weighted by atomic mass is 10.1. The van der Waals surface area contributed by atoms with Crippen molar-refractivity contribution >= 4 is 17.4 Å². The van der Waals surface area contributed by atoms with Gasteiger partial charge < -0.3 is 5.73 Å². The molecule has 0 aliphatic heterocycles. The normalized spacial score (nSPS) is 10.1. The van der Waals surface area contributed by atoms with Gasteiger partial charge in [-0.3, -0.25) is 0 Å². The van der Waals surface area contributed by atoms with Gasteiger partial charge in [-0.15, -0.1) is 5.10 Å². The zero-order valence-corrected chi connectivity index (χ0v) is 9.36. The lowest BCUT2D eigenvalue weighted by molar-refractivity contribution is 0.881. The van der Waals surface area contributed by atoms with Crippen molar-refractivity contribution in [3.8, 4) is 11.8 Å². The summed E-state index contributed by atoms with van der Waals surface area (Å²) in [5, 5.41) is 13.4. The monoisotopic (exact) mass is 232 g/mol. The number of halogens is 1. The summed E-state index contributed by atoms with van der Waals surface area (Å²) in [5.41, 5.74) is 7.82. The van der Waals surface area contributed by atoms with E-state index in [0.717, 1.165) is 5.56 Å². The summed E-state index contributed by atoms with van der Waals surface area (Å²) in [6.07, 6.45) is 1.59. The zero-order valence-electron chi connectivity index (χ0n) is 8.61. The lowest BCUT2D eigenvalue weighted by Gasteiger charge is -2.04. The maximum atomic E-state index is 8.99. The van der Waals surface area contributed by atoms with Gasteiger partial charge in [-0.2, -0.15) is 5.26 Å². The molecular formula is C11H9ClN4. The van der Waals surface area contributed by atoms with Gasteiger partial charge in [-0.05, 0) is 24.6 Å². The van der Waals surface area contributed by atoms with E-state index < -0.39 is 0 Å². The highest BCUT2D eigenvalue weighted by molar-refractivity contribution is 6.32. The third-order valence-corrected chi connectivity index (χ3v) is 2.51. The predicted octanol–water partition coefficient (Wildman–Crippen LogP) is 2.29. The Balaban J connectivity index is 2.63. The highest BCUT2D eigenvalue weighted by Crippen LogP contribution is 2.21. The minimum absolute atomic E-state index is 0.257. The van der Waals surface area contributed by atoms with E-state index in [4.69, 9.17) is 22.6 Å². The summed E-state index contributed by atoms with van der Waals surface area (Å²) in [5.74, 6) is 0.257. The van der Waals surface area contributed by atoms with Gasteiger partial charge in [0.05, 0.1) is 17.4 Å². The van der Waals surface area contributed by atoms with E-state index in [0.29, 0.717) is 16.3 Å². The molecule has 0 radical (unpaired) electrons. The molecule has 0 unspecified atom stereocenters. The molecule has 0 atom stereocenters. The average molecular weight is 233 g/mol. The topological polar surface area (TPSA) is 67.6 Å². The number of aryl methyl sites for hydroxylation is 1. The molecule has 1 heterocycles. The first-order chi connectivity index (χ1) is 7.61. The molecule has 0 aliphatic carbocycles. The molecule has 0 amide bonds. The van der Waals surface area contributed by atoms with Crippen molar-refractivity contribution in [3.63, 3.8) is 0 Å². The maximum absolute atomic E-state index is 8.99. The van der Waals surface area contributed by atoms with Crippen LogP contribution in [-0.2, 0) is 0 Å². The third-order valence-electron chi connectivity index (χ3n) is 2.22. The van der Waals surface area contributed by atoms with Crippen LogP contribution in [0.1, 0.15) is 11.1 Å². The number of nitrogens with two attached hydrogens (primary N) is 1. The fraction of sp³-hybridized carbons (Fsp3) is 0.0909. The second kappa shape index (κ2) is 3.87. The van der Waals surface area contributed by atoms with Gasteiger partial charge in [0.1, 0.15) is 11.1 Å². The molecule has 0 saturated heterocycles. The molecule has 0 spiro atoms. The van der Waals surface area contributed by atoms with Crippen LogP contribution in [0, 0.1) is 18.3 Å². The largest absolute Gasteiger partial charge is 0.381 e. The van der Waals surface area contributed by atoms with Gasteiger partial charge >= 0.3 is 0 Å². The summed E-state index contributed by atoms with van der Waals surface area (Å²) in [6.45, 7) is 1.94. The summed E-state index contributed by atoms with van der Waals surface area (Å²) in [4.78, 5) is 0. The molecule has 2 rings (SSSR count). The Hall–Kier alpha value is -1.99. The summed E-state index contributed by atoms with van der Waals surface area (Å²) in [7, 11) is 0. The van der Waals surface area contributed by atoms with Crippen LogP contribution in [-0.4, -0.2) is 9.78 Å². The molecule has 0 aliphatic rings. The standard InChI is InChI=1S/C11H9ClN4/c1-7-2-3-8(5-13)10(4-7)16-6-9(12)11(14)15-16/h2-4,6H,1H3,(H2,14,15). The third kappa shape index (κ3) is 1.73. The summed E-state index contributed by atoms with van der Waals surface area (Å²) >= 11 is 5.82. The predicted molar refractivity (Wildman–Crippen MR) is 62.4 cm³/mol. The van der Waals surface area contributed by atoms with Gasteiger partial charge in [-0.1, -0.05) is 17.7 Å². The van der Waals surface area contributed by atoms with Crippen molar-refractivity contribution in [1.82, 2.24) is 9.78 Å². The van der Waals surface area contributed by atoms with Crippen molar-refractivity contribution in [2.45, 2.75) is 6.92 Å². The molecule has 80 valence electrons. The van der Waals surface area contributed by atoms with Gasteiger partial charge in [0.2, 0.25) is 0 Å². The highest BCUT2D eigenvalue weighted by Gasteiger charge is 2.08. The van der Waals surface area contributed by atoms with Gasteiger partial charge in [-0.25, -0.2) is 4.68 Å². The first-order valence-electron chi connectivity index (χ1n) is 4.63. The van der Waals surface area contributed by atoms with E-state index in [2.05, 4.69) is 11.2 Å². The molecule has 0 bridgehead atoms.